The smallest absolute Gasteiger partial charge is 0.429 e. The topological polar surface area (TPSA) is 105 Å². The molecule has 21 heavy (non-hydrogen) atoms. The average molecular weight is 288 g/mol. The first kappa shape index (κ1) is 14.3. The number of hydrogen-bond acceptors (Lipinski definition) is 6. The highest BCUT2D eigenvalue weighted by atomic mass is 16.7. The summed E-state index contributed by atoms with van der Waals surface area (Å²) in [4.78, 5) is 21.4. The molecule has 0 aliphatic heterocycles. The molecule has 0 saturated heterocycles. The number of nitro groups is 1. The van der Waals surface area contributed by atoms with Gasteiger partial charge in [0.1, 0.15) is 12.4 Å². The van der Waals surface area contributed by atoms with E-state index in [1.54, 1.807) is 24.3 Å². The lowest BCUT2D eigenvalue weighted by Gasteiger charge is -2.06. The van der Waals surface area contributed by atoms with Crippen LogP contribution in [-0.4, -0.2) is 11.1 Å². The van der Waals surface area contributed by atoms with E-state index in [2.05, 4.69) is 0 Å². The average Bonchev–Trinajstić information content (AvgIpc) is 2.46. The quantitative estimate of drug-likeness (QED) is 0.305. The predicted octanol–water partition coefficient (Wildman–Crippen LogP) is 2.89. The highest BCUT2D eigenvalue weighted by Crippen LogP contribution is 2.18. The number of hydrogen-bond donors (Lipinski definition) is 1. The first-order valence-electron chi connectivity index (χ1n) is 5.98. The van der Waals surface area contributed by atoms with E-state index >= 15 is 0 Å². The van der Waals surface area contributed by atoms with Gasteiger partial charge in [0.15, 0.2) is 0 Å². The lowest BCUT2D eigenvalue weighted by Crippen LogP contribution is -2.10. The number of rotatable bonds is 4. The van der Waals surface area contributed by atoms with E-state index in [9.17, 15) is 14.9 Å². The molecule has 0 spiro atoms. The van der Waals surface area contributed by atoms with Crippen molar-refractivity contribution in [3.05, 3.63) is 64.2 Å². The summed E-state index contributed by atoms with van der Waals surface area (Å²) >= 11 is 0. The number of nitrogen functional groups attached to an aromatic ring is 1. The molecule has 0 amide bonds. The van der Waals surface area contributed by atoms with Gasteiger partial charge >= 0.3 is 6.16 Å². The molecule has 2 rings (SSSR count). The molecule has 0 fully saturated rings. The second-order valence-corrected chi connectivity index (χ2v) is 4.14. The molecular weight excluding hydrogens is 276 g/mol. The summed E-state index contributed by atoms with van der Waals surface area (Å²) in [5.74, 6) is 0.165. The molecule has 108 valence electrons. The van der Waals surface area contributed by atoms with E-state index in [4.69, 9.17) is 15.2 Å². The van der Waals surface area contributed by atoms with E-state index in [1.165, 1.54) is 24.3 Å². The zero-order valence-electron chi connectivity index (χ0n) is 10.9. The summed E-state index contributed by atoms with van der Waals surface area (Å²) in [6.07, 6.45) is -0.897. The van der Waals surface area contributed by atoms with Crippen molar-refractivity contribution in [1.82, 2.24) is 0 Å². The van der Waals surface area contributed by atoms with Gasteiger partial charge in [0.2, 0.25) is 0 Å². The van der Waals surface area contributed by atoms with Crippen molar-refractivity contribution in [2.24, 2.45) is 0 Å². The fourth-order valence-electron chi connectivity index (χ4n) is 1.59. The third-order valence-corrected chi connectivity index (χ3v) is 2.56. The van der Waals surface area contributed by atoms with E-state index in [0.29, 0.717) is 5.69 Å². The second kappa shape index (κ2) is 6.38. The number of anilines is 1. The Balaban J connectivity index is 1.88. The maximum atomic E-state index is 11.5. The van der Waals surface area contributed by atoms with Gasteiger partial charge in [-0.25, -0.2) is 4.79 Å². The van der Waals surface area contributed by atoms with Crippen molar-refractivity contribution in [3.8, 4) is 5.75 Å². The first-order valence-corrected chi connectivity index (χ1v) is 5.98. The summed E-state index contributed by atoms with van der Waals surface area (Å²) in [6.45, 7) is 0.0247. The molecule has 2 N–H and O–H groups in total. The number of ether oxygens (including phenoxy) is 2. The number of non-ortho nitro benzene ring substituents is 1. The van der Waals surface area contributed by atoms with Crippen LogP contribution in [0.1, 0.15) is 5.56 Å². The van der Waals surface area contributed by atoms with E-state index in [1.807, 2.05) is 0 Å². The molecule has 0 aromatic heterocycles. The fraction of sp³-hybridized carbons (Fsp3) is 0.0714. The van der Waals surface area contributed by atoms with Gasteiger partial charge in [0, 0.05) is 17.8 Å². The van der Waals surface area contributed by atoms with Gasteiger partial charge in [0.25, 0.3) is 5.69 Å². The van der Waals surface area contributed by atoms with Crippen LogP contribution in [0.2, 0.25) is 0 Å². The lowest BCUT2D eigenvalue weighted by atomic mass is 10.2. The van der Waals surface area contributed by atoms with E-state index in [-0.39, 0.29) is 18.0 Å². The zero-order chi connectivity index (χ0) is 15.2. The first-order chi connectivity index (χ1) is 10.0. The SMILES string of the molecule is Nc1cccc(COC(=O)Oc2ccc([N+](=O)[O-])cc2)c1. The third kappa shape index (κ3) is 4.20. The maximum absolute atomic E-state index is 11.5. The number of nitrogens with two attached hydrogens (primary N) is 1. The molecular formula is C14H12N2O5. The second-order valence-electron chi connectivity index (χ2n) is 4.14. The van der Waals surface area contributed by atoms with Crippen molar-refractivity contribution < 1.29 is 19.2 Å². The summed E-state index contributed by atoms with van der Waals surface area (Å²) in [7, 11) is 0. The molecule has 0 saturated carbocycles. The lowest BCUT2D eigenvalue weighted by molar-refractivity contribution is -0.384. The summed E-state index contributed by atoms with van der Waals surface area (Å²) in [5, 5.41) is 10.5. The Bertz CT molecular complexity index is 655. The van der Waals surface area contributed by atoms with Crippen LogP contribution in [0.4, 0.5) is 16.2 Å². The molecule has 2 aromatic rings. The van der Waals surface area contributed by atoms with Crippen molar-refractivity contribution in [3.63, 3.8) is 0 Å². The summed E-state index contributed by atoms with van der Waals surface area (Å²) in [5.41, 5.74) is 6.81. The molecule has 0 atom stereocenters. The molecule has 0 unspecified atom stereocenters. The predicted molar refractivity (Wildman–Crippen MR) is 74.8 cm³/mol. The van der Waals surface area contributed by atoms with Gasteiger partial charge in [-0.05, 0) is 29.8 Å². The van der Waals surface area contributed by atoms with Crippen LogP contribution in [0.15, 0.2) is 48.5 Å². The maximum Gasteiger partial charge on any atom is 0.514 e. The minimum absolute atomic E-state index is 0.0247. The largest absolute Gasteiger partial charge is 0.514 e. The fourth-order valence-corrected chi connectivity index (χ4v) is 1.59. The Morgan fingerprint density at radius 2 is 1.90 bits per heavy atom. The Morgan fingerprint density at radius 3 is 2.52 bits per heavy atom. The molecule has 0 aliphatic carbocycles. The number of benzene rings is 2. The van der Waals surface area contributed by atoms with Gasteiger partial charge in [-0.15, -0.1) is 0 Å². The molecule has 7 heteroatoms. The number of carbonyl (C=O) groups excluding carboxylic acids is 1. The highest BCUT2D eigenvalue weighted by molar-refractivity contribution is 5.64. The van der Waals surface area contributed by atoms with Crippen LogP contribution >= 0.6 is 0 Å². The standard InChI is InChI=1S/C14H12N2O5/c15-11-3-1-2-10(8-11)9-20-14(17)21-13-6-4-12(5-7-13)16(18)19/h1-8H,9,15H2. The van der Waals surface area contributed by atoms with Crippen molar-refractivity contribution in [1.29, 1.82) is 0 Å². The zero-order valence-corrected chi connectivity index (χ0v) is 10.9. The normalized spacial score (nSPS) is 9.90. The van der Waals surface area contributed by atoms with Gasteiger partial charge in [-0.2, -0.15) is 0 Å². The molecule has 0 radical (unpaired) electrons. The van der Waals surface area contributed by atoms with Gasteiger partial charge in [-0.3, -0.25) is 10.1 Å². The van der Waals surface area contributed by atoms with Crippen molar-refractivity contribution >= 4 is 17.5 Å². The van der Waals surface area contributed by atoms with Gasteiger partial charge < -0.3 is 15.2 Å². The number of nitro benzene ring substituents is 1. The number of carbonyl (C=O) groups is 1. The van der Waals surface area contributed by atoms with Gasteiger partial charge in [-0.1, -0.05) is 12.1 Å². The molecule has 2 aromatic carbocycles. The van der Waals surface area contributed by atoms with Crippen molar-refractivity contribution in [2.75, 3.05) is 5.73 Å². The number of nitrogens with zero attached hydrogens (tertiary/aromatic N) is 1. The molecule has 0 heterocycles. The van der Waals surface area contributed by atoms with E-state index < -0.39 is 11.1 Å². The van der Waals surface area contributed by atoms with Crippen LogP contribution in [0.3, 0.4) is 0 Å². The van der Waals surface area contributed by atoms with E-state index in [0.717, 1.165) is 5.56 Å². The van der Waals surface area contributed by atoms with Crippen LogP contribution in [-0.2, 0) is 11.3 Å². The van der Waals surface area contributed by atoms with Crippen LogP contribution in [0.25, 0.3) is 0 Å². The Kier molecular flexibility index (Phi) is 4.35. The monoisotopic (exact) mass is 288 g/mol. The van der Waals surface area contributed by atoms with Crippen LogP contribution in [0.5, 0.6) is 5.75 Å². The Hall–Kier alpha value is -3.09. The molecule has 0 bridgehead atoms. The Morgan fingerprint density at radius 1 is 1.19 bits per heavy atom. The molecule has 0 aliphatic rings. The Labute approximate surface area is 120 Å². The van der Waals surface area contributed by atoms with Gasteiger partial charge in [0.05, 0.1) is 4.92 Å². The minimum atomic E-state index is -0.897. The van der Waals surface area contributed by atoms with Crippen LogP contribution in [0, 0.1) is 10.1 Å². The summed E-state index contributed by atoms with van der Waals surface area (Å²) < 4.78 is 9.80. The van der Waals surface area contributed by atoms with Crippen molar-refractivity contribution in [2.45, 2.75) is 6.61 Å². The third-order valence-electron chi connectivity index (χ3n) is 2.56. The minimum Gasteiger partial charge on any atom is -0.429 e. The summed E-state index contributed by atoms with van der Waals surface area (Å²) in [6, 6.07) is 12.0. The highest BCUT2D eigenvalue weighted by Gasteiger charge is 2.09. The van der Waals surface area contributed by atoms with Crippen LogP contribution < -0.4 is 10.5 Å². The molecule has 7 nitrogen and oxygen atoms in total.